The summed E-state index contributed by atoms with van der Waals surface area (Å²) in [7, 11) is 0. The van der Waals surface area contributed by atoms with Gasteiger partial charge in [0.2, 0.25) is 17.7 Å². The van der Waals surface area contributed by atoms with E-state index in [1.165, 1.54) is 0 Å². The Hall–Kier alpha value is -4.47. The third-order valence-corrected chi connectivity index (χ3v) is 8.53. The van der Waals surface area contributed by atoms with Crippen LogP contribution in [0.15, 0.2) is 91.1 Å². The number of aliphatic hydroxyl groups is 1. The fourth-order valence-electron chi connectivity index (χ4n) is 6.28. The zero-order valence-electron chi connectivity index (χ0n) is 23.9. The van der Waals surface area contributed by atoms with Crippen molar-refractivity contribution in [2.24, 2.45) is 0 Å². The summed E-state index contributed by atoms with van der Waals surface area (Å²) >= 11 is 0. The maximum absolute atomic E-state index is 14.1. The molecule has 1 aromatic heterocycles. The van der Waals surface area contributed by atoms with Crippen molar-refractivity contribution in [3.63, 3.8) is 0 Å². The minimum Gasteiger partial charge on any atom is -0.376 e. The monoisotopic (exact) mass is 579 g/mol. The highest BCUT2D eigenvalue weighted by molar-refractivity contribution is 5.94. The summed E-state index contributed by atoms with van der Waals surface area (Å²) < 4.78 is 0. The van der Waals surface area contributed by atoms with Gasteiger partial charge < -0.3 is 25.6 Å². The Balaban J connectivity index is 1.35. The van der Waals surface area contributed by atoms with E-state index in [4.69, 9.17) is 0 Å². The third kappa shape index (κ3) is 6.48. The number of carbonyl (C=O) groups is 3. The lowest BCUT2D eigenvalue weighted by Gasteiger charge is -2.35. The normalized spacial score (nSPS) is 25.0. The topological polar surface area (TPSA) is 127 Å². The predicted octanol–water partition coefficient (Wildman–Crippen LogP) is 2.45. The highest BCUT2D eigenvalue weighted by Crippen LogP contribution is 2.23. The van der Waals surface area contributed by atoms with Crippen LogP contribution in [0, 0.1) is 0 Å². The van der Waals surface area contributed by atoms with E-state index < -0.39 is 30.4 Å². The molecule has 3 heterocycles. The Morgan fingerprint density at radius 1 is 0.744 bits per heavy atom. The van der Waals surface area contributed by atoms with Crippen LogP contribution in [0.4, 0.5) is 0 Å². The quantitative estimate of drug-likeness (QED) is 0.240. The summed E-state index contributed by atoms with van der Waals surface area (Å²) in [4.78, 5) is 46.5. The van der Waals surface area contributed by atoms with Gasteiger partial charge in [-0.05, 0) is 48.4 Å². The zero-order chi connectivity index (χ0) is 29.8. The van der Waals surface area contributed by atoms with E-state index in [1.807, 2.05) is 91.1 Å². The predicted molar refractivity (Wildman–Crippen MR) is 164 cm³/mol. The number of carbonyl (C=O) groups excluding carboxylic acids is 3. The van der Waals surface area contributed by atoms with Gasteiger partial charge in [0.05, 0.1) is 12.1 Å². The molecule has 3 amide bonds. The van der Waals surface area contributed by atoms with Crippen molar-refractivity contribution in [1.29, 1.82) is 0 Å². The number of hydrogen-bond acceptors (Lipinski definition) is 5. The van der Waals surface area contributed by atoms with Crippen molar-refractivity contribution in [2.45, 2.75) is 62.5 Å². The number of rotatable bonds is 6. The van der Waals surface area contributed by atoms with Gasteiger partial charge in [0.25, 0.3) is 0 Å². The summed E-state index contributed by atoms with van der Waals surface area (Å²) in [6.45, 7) is 0.439. The number of fused-ring (bicyclic) bond motifs is 2. The Morgan fingerprint density at radius 3 is 2.12 bits per heavy atom. The summed E-state index contributed by atoms with van der Waals surface area (Å²) in [6.07, 6.45) is 2.73. The van der Waals surface area contributed by atoms with Gasteiger partial charge in [-0.1, -0.05) is 78.9 Å². The van der Waals surface area contributed by atoms with Gasteiger partial charge in [0, 0.05) is 30.1 Å². The van der Waals surface area contributed by atoms with Gasteiger partial charge in [-0.2, -0.15) is 0 Å². The average Bonchev–Trinajstić information content (AvgIpc) is 3.68. The first-order chi connectivity index (χ1) is 21.0. The molecule has 2 saturated heterocycles. The van der Waals surface area contributed by atoms with Crippen LogP contribution >= 0.6 is 0 Å². The number of aliphatic hydroxyl groups excluding tert-OH is 1. The molecule has 5 atom stereocenters. The molecule has 0 bridgehead atoms. The van der Waals surface area contributed by atoms with Crippen LogP contribution in [0.2, 0.25) is 0 Å². The van der Waals surface area contributed by atoms with E-state index in [2.05, 4.69) is 20.9 Å². The van der Waals surface area contributed by atoms with Crippen LogP contribution in [0.3, 0.4) is 0 Å². The molecule has 6 rings (SSSR count). The maximum Gasteiger partial charge on any atom is 0.243 e. The minimum atomic E-state index is -1.25. The molecule has 2 fully saturated rings. The molecule has 2 aliphatic heterocycles. The number of para-hydroxylation sites is 1. The second-order valence-corrected chi connectivity index (χ2v) is 11.5. The second-order valence-electron chi connectivity index (χ2n) is 11.5. The molecule has 43 heavy (non-hydrogen) atoms. The van der Waals surface area contributed by atoms with E-state index in [0.29, 0.717) is 32.2 Å². The Bertz CT molecular complexity index is 1570. The first-order valence-corrected chi connectivity index (χ1v) is 14.9. The smallest absolute Gasteiger partial charge is 0.243 e. The summed E-state index contributed by atoms with van der Waals surface area (Å²) in [6, 6.07) is 23.8. The Kier molecular flexibility index (Phi) is 8.53. The zero-order valence-corrected chi connectivity index (χ0v) is 23.9. The summed E-state index contributed by atoms with van der Waals surface area (Å²) in [5.74, 6) is -0.966. The number of H-pyrrole nitrogens is 1. The van der Waals surface area contributed by atoms with Crippen molar-refractivity contribution >= 4 is 28.6 Å². The first-order valence-electron chi connectivity index (χ1n) is 14.9. The summed E-state index contributed by atoms with van der Waals surface area (Å²) in [5, 5.41) is 21.8. The molecule has 5 N–H and O–H groups in total. The van der Waals surface area contributed by atoms with Crippen molar-refractivity contribution in [1.82, 2.24) is 25.8 Å². The third-order valence-electron chi connectivity index (χ3n) is 8.53. The van der Waals surface area contributed by atoms with Gasteiger partial charge in [0.1, 0.15) is 18.3 Å². The molecule has 0 spiro atoms. The SMILES string of the molecule is O=C1N[C@@H](Cc2c[nH]c3ccccc23)C(O)N[C@H](Cc2ccccc2)C(=O)N2CCC[C@H]2C(=O)N[C@@H]1Cc1ccccc1. The molecule has 9 heteroatoms. The van der Waals surface area contributed by atoms with Crippen molar-refractivity contribution in [2.75, 3.05) is 6.54 Å². The van der Waals surface area contributed by atoms with Gasteiger partial charge in [-0.25, -0.2) is 0 Å². The molecule has 9 nitrogen and oxygen atoms in total. The molecular formula is C34H37N5O4. The Labute approximate surface area is 250 Å². The van der Waals surface area contributed by atoms with E-state index >= 15 is 0 Å². The van der Waals surface area contributed by atoms with Crippen LogP contribution in [0.1, 0.15) is 29.5 Å². The molecule has 4 aromatic rings. The standard InChI is InChI=1S/C34H37N5O4/c40-31-27(18-22-10-3-1-4-11-22)37-33(42)30-16-9-17-39(30)34(43)29(19-23-12-5-2-6-13-23)38-32(41)28(36-31)20-24-21-35-26-15-8-7-14-25(24)26/h1-8,10-15,21,27-30,32,35,38,41H,9,16-20H2,(H,36,40)(H,37,42)/t27-,28+,29-,30+,32?/m1/s1. The molecule has 2 aliphatic rings. The number of aromatic amines is 1. The van der Waals surface area contributed by atoms with Gasteiger partial charge in [0.15, 0.2) is 0 Å². The fourth-order valence-corrected chi connectivity index (χ4v) is 6.28. The fraction of sp³-hybridized carbons (Fsp3) is 0.324. The van der Waals surface area contributed by atoms with Crippen LogP contribution in [-0.2, 0) is 33.6 Å². The van der Waals surface area contributed by atoms with Crippen LogP contribution in [0.25, 0.3) is 10.9 Å². The van der Waals surface area contributed by atoms with Gasteiger partial charge in [-0.3, -0.25) is 19.7 Å². The number of aromatic nitrogens is 1. The largest absolute Gasteiger partial charge is 0.376 e. The van der Waals surface area contributed by atoms with Gasteiger partial charge >= 0.3 is 0 Å². The molecule has 0 aliphatic carbocycles. The molecular weight excluding hydrogens is 542 g/mol. The van der Waals surface area contributed by atoms with E-state index in [1.54, 1.807) is 4.90 Å². The second kappa shape index (κ2) is 12.8. The molecule has 1 unspecified atom stereocenters. The number of benzene rings is 3. The summed E-state index contributed by atoms with van der Waals surface area (Å²) in [5.41, 5.74) is 3.69. The average molecular weight is 580 g/mol. The van der Waals surface area contributed by atoms with Crippen LogP contribution in [-0.4, -0.2) is 69.7 Å². The lowest BCUT2D eigenvalue weighted by Crippen LogP contribution is -2.63. The maximum atomic E-state index is 14.1. The number of amides is 3. The van der Waals surface area contributed by atoms with E-state index in [-0.39, 0.29) is 24.1 Å². The first kappa shape index (κ1) is 28.6. The van der Waals surface area contributed by atoms with Crippen molar-refractivity contribution < 1.29 is 19.5 Å². The molecule has 3 aromatic carbocycles. The Morgan fingerprint density at radius 2 is 1.40 bits per heavy atom. The van der Waals surface area contributed by atoms with Crippen LogP contribution in [0.5, 0.6) is 0 Å². The van der Waals surface area contributed by atoms with Crippen molar-refractivity contribution in [3.05, 3.63) is 108 Å². The van der Waals surface area contributed by atoms with Crippen LogP contribution < -0.4 is 16.0 Å². The number of hydrogen-bond donors (Lipinski definition) is 5. The van der Waals surface area contributed by atoms with E-state index in [9.17, 15) is 19.5 Å². The van der Waals surface area contributed by atoms with E-state index in [0.717, 1.165) is 27.6 Å². The lowest BCUT2D eigenvalue weighted by molar-refractivity contribution is -0.142. The molecule has 222 valence electrons. The highest BCUT2D eigenvalue weighted by Gasteiger charge is 2.40. The van der Waals surface area contributed by atoms with Crippen molar-refractivity contribution in [3.8, 4) is 0 Å². The minimum absolute atomic E-state index is 0.238. The number of nitrogens with zero attached hydrogens (tertiary/aromatic N) is 1. The highest BCUT2D eigenvalue weighted by atomic mass is 16.3. The number of nitrogens with one attached hydrogen (secondary N) is 4. The lowest BCUT2D eigenvalue weighted by atomic mass is 9.99. The molecule has 0 radical (unpaired) electrons. The van der Waals surface area contributed by atoms with Gasteiger partial charge in [-0.15, -0.1) is 0 Å². The molecule has 0 saturated carbocycles.